The summed E-state index contributed by atoms with van der Waals surface area (Å²) in [6.45, 7) is 7.20. The molecule has 2 N–H and O–H groups in total. The summed E-state index contributed by atoms with van der Waals surface area (Å²) in [6, 6.07) is 1.74. The lowest BCUT2D eigenvalue weighted by molar-refractivity contribution is 0.229. The molecule has 0 aliphatic heterocycles. The summed E-state index contributed by atoms with van der Waals surface area (Å²) >= 11 is 5.96. The monoisotopic (exact) mass is 271 g/mol. The van der Waals surface area contributed by atoms with Gasteiger partial charge >= 0.3 is 0 Å². The molecule has 0 aromatic carbocycles. The maximum atomic E-state index is 8.93. The molecule has 5 heteroatoms. The molecule has 1 aromatic heterocycles. The quantitative estimate of drug-likeness (QED) is 0.591. The molecule has 0 saturated heterocycles. The van der Waals surface area contributed by atoms with Crippen LogP contribution in [0.5, 0.6) is 0 Å². The number of aromatic nitrogens is 2. The van der Waals surface area contributed by atoms with Gasteiger partial charge in [-0.05, 0) is 18.8 Å². The second-order valence-corrected chi connectivity index (χ2v) is 5.33. The fraction of sp³-hybridized carbons (Fsp3) is 0.692. The van der Waals surface area contributed by atoms with Crippen LogP contribution in [0.3, 0.4) is 0 Å². The summed E-state index contributed by atoms with van der Waals surface area (Å²) in [5.41, 5.74) is 0. The zero-order valence-electron chi connectivity index (χ0n) is 11.3. The largest absolute Gasteiger partial charge is 0.396 e. The van der Waals surface area contributed by atoms with Crippen LogP contribution in [-0.2, 0) is 0 Å². The number of anilines is 1. The molecule has 1 unspecified atom stereocenters. The Kier molecular flexibility index (Phi) is 6.36. The van der Waals surface area contributed by atoms with Gasteiger partial charge < -0.3 is 10.4 Å². The number of aliphatic hydroxyl groups is 1. The Morgan fingerprint density at radius 3 is 2.67 bits per heavy atom. The Labute approximate surface area is 114 Å². The minimum Gasteiger partial charge on any atom is -0.396 e. The maximum absolute atomic E-state index is 8.93. The van der Waals surface area contributed by atoms with Gasteiger partial charge in [-0.1, -0.05) is 32.4 Å². The van der Waals surface area contributed by atoms with Crippen molar-refractivity contribution in [3.8, 4) is 0 Å². The van der Waals surface area contributed by atoms with E-state index in [0.29, 0.717) is 11.1 Å². The van der Waals surface area contributed by atoms with Crippen molar-refractivity contribution in [3.63, 3.8) is 0 Å². The van der Waals surface area contributed by atoms with Gasteiger partial charge in [0, 0.05) is 25.1 Å². The molecule has 4 nitrogen and oxygen atoms in total. The summed E-state index contributed by atoms with van der Waals surface area (Å²) in [5, 5.41) is 12.6. The van der Waals surface area contributed by atoms with E-state index in [9.17, 15) is 0 Å². The van der Waals surface area contributed by atoms with E-state index in [1.165, 1.54) is 0 Å². The molecule has 1 atom stereocenters. The molecule has 18 heavy (non-hydrogen) atoms. The second kappa shape index (κ2) is 7.54. The van der Waals surface area contributed by atoms with E-state index < -0.39 is 0 Å². The first kappa shape index (κ1) is 15.2. The van der Waals surface area contributed by atoms with Crippen LogP contribution in [0.25, 0.3) is 0 Å². The Morgan fingerprint density at radius 1 is 1.33 bits per heavy atom. The molecule has 0 aliphatic rings. The molecular formula is C13H22ClN3O. The standard InChI is InChI=1S/C13H22ClN3O/c1-9(2)13-16-11(14)7-12(17-13)15-6-4-5-10(3)8-18/h7,9-10,18H,4-6,8H2,1-3H3,(H,15,16,17). The topological polar surface area (TPSA) is 58.0 Å². The van der Waals surface area contributed by atoms with Gasteiger partial charge in [0.05, 0.1) is 0 Å². The average molecular weight is 272 g/mol. The molecule has 0 fully saturated rings. The van der Waals surface area contributed by atoms with Crippen molar-refractivity contribution in [2.45, 2.75) is 39.5 Å². The van der Waals surface area contributed by atoms with Crippen LogP contribution in [-0.4, -0.2) is 28.2 Å². The van der Waals surface area contributed by atoms with Crippen molar-refractivity contribution in [1.82, 2.24) is 9.97 Å². The number of hydrogen-bond donors (Lipinski definition) is 2. The molecule has 0 bridgehead atoms. The highest BCUT2D eigenvalue weighted by atomic mass is 35.5. The molecule has 0 saturated carbocycles. The Morgan fingerprint density at radius 2 is 2.06 bits per heavy atom. The van der Waals surface area contributed by atoms with Crippen LogP contribution >= 0.6 is 11.6 Å². The SMILES string of the molecule is CC(CO)CCCNc1cc(Cl)nc(C(C)C)n1. The van der Waals surface area contributed by atoms with Gasteiger partial charge in [0.15, 0.2) is 0 Å². The number of hydrogen-bond acceptors (Lipinski definition) is 4. The number of rotatable bonds is 7. The fourth-order valence-electron chi connectivity index (χ4n) is 1.54. The molecule has 0 spiro atoms. The van der Waals surface area contributed by atoms with Crippen LogP contribution in [0, 0.1) is 5.92 Å². The molecule has 1 aromatic rings. The van der Waals surface area contributed by atoms with Gasteiger partial charge in [0.2, 0.25) is 0 Å². The predicted molar refractivity (Wildman–Crippen MR) is 75.1 cm³/mol. The lowest BCUT2D eigenvalue weighted by Gasteiger charge is -2.11. The molecule has 0 amide bonds. The highest BCUT2D eigenvalue weighted by Crippen LogP contribution is 2.17. The van der Waals surface area contributed by atoms with Crippen molar-refractivity contribution < 1.29 is 5.11 Å². The smallest absolute Gasteiger partial charge is 0.135 e. The van der Waals surface area contributed by atoms with E-state index in [-0.39, 0.29) is 12.5 Å². The van der Waals surface area contributed by atoms with Crippen molar-refractivity contribution in [2.24, 2.45) is 5.92 Å². The van der Waals surface area contributed by atoms with Crippen LogP contribution < -0.4 is 5.32 Å². The van der Waals surface area contributed by atoms with Crippen molar-refractivity contribution >= 4 is 17.4 Å². The molecule has 1 rings (SSSR count). The lowest BCUT2D eigenvalue weighted by Crippen LogP contribution is -2.09. The number of nitrogens with one attached hydrogen (secondary N) is 1. The molecule has 0 radical (unpaired) electrons. The van der Waals surface area contributed by atoms with E-state index in [1.807, 2.05) is 20.8 Å². The zero-order chi connectivity index (χ0) is 13.5. The Balaban J connectivity index is 2.47. The third-order valence-corrected chi connectivity index (χ3v) is 2.91. The summed E-state index contributed by atoms with van der Waals surface area (Å²) in [6.07, 6.45) is 2.00. The molecule has 102 valence electrons. The molecular weight excluding hydrogens is 250 g/mol. The minimum atomic E-state index is 0.247. The van der Waals surface area contributed by atoms with Gasteiger partial charge in [-0.15, -0.1) is 0 Å². The predicted octanol–water partition coefficient (Wildman–Crippen LogP) is 3.07. The van der Waals surface area contributed by atoms with E-state index in [4.69, 9.17) is 16.7 Å². The third kappa shape index (κ3) is 5.19. The van der Waals surface area contributed by atoms with Crippen molar-refractivity contribution in [3.05, 3.63) is 17.0 Å². The van der Waals surface area contributed by atoms with Crippen molar-refractivity contribution in [2.75, 3.05) is 18.5 Å². The summed E-state index contributed by atoms with van der Waals surface area (Å²) < 4.78 is 0. The van der Waals surface area contributed by atoms with Crippen molar-refractivity contribution in [1.29, 1.82) is 0 Å². The number of halogens is 1. The van der Waals surface area contributed by atoms with Crippen LogP contribution in [0.4, 0.5) is 5.82 Å². The molecule has 0 aliphatic carbocycles. The van der Waals surface area contributed by atoms with Gasteiger partial charge in [-0.25, -0.2) is 9.97 Å². The number of aliphatic hydroxyl groups excluding tert-OH is 1. The summed E-state index contributed by atoms with van der Waals surface area (Å²) in [4.78, 5) is 8.60. The molecule has 1 heterocycles. The Hall–Kier alpha value is -0.870. The second-order valence-electron chi connectivity index (χ2n) is 4.95. The summed E-state index contributed by atoms with van der Waals surface area (Å²) in [5.74, 6) is 2.15. The summed E-state index contributed by atoms with van der Waals surface area (Å²) in [7, 11) is 0. The average Bonchev–Trinajstić information content (AvgIpc) is 2.33. The first-order valence-corrected chi connectivity index (χ1v) is 6.80. The maximum Gasteiger partial charge on any atom is 0.135 e. The van der Waals surface area contributed by atoms with Gasteiger partial charge in [0.1, 0.15) is 16.8 Å². The van der Waals surface area contributed by atoms with Gasteiger partial charge in [-0.3, -0.25) is 0 Å². The highest BCUT2D eigenvalue weighted by Gasteiger charge is 2.07. The Bertz CT molecular complexity index is 371. The van der Waals surface area contributed by atoms with Crippen LogP contribution in [0.15, 0.2) is 6.07 Å². The minimum absolute atomic E-state index is 0.247. The van der Waals surface area contributed by atoms with Gasteiger partial charge in [-0.2, -0.15) is 0 Å². The van der Waals surface area contributed by atoms with E-state index >= 15 is 0 Å². The lowest BCUT2D eigenvalue weighted by atomic mass is 10.1. The van der Waals surface area contributed by atoms with Gasteiger partial charge in [0.25, 0.3) is 0 Å². The third-order valence-electron chi connectivity index (χ3n) is 2.72. The van der Waals surface area contributed by atoms with E-state index in [1.54, 1.807) is 6.07 Å². The first-order chi connectivity index (χ1) is 8.52. The van der Waals surface area contributed by atoms with Crippen LogP contribution in [0.1, 0.15) is 45.4 Å². The number of nitrogens with zero attached hydrogens (tertiary/aromatic N) is 2. The first-order valence-electron chi connectivity index (χ1n) is 6.42. The van der Waals surface area contributed by atoms with E-state index in [0.717, 1.165) is 31.0 Å². The van der Waals surface area contributed by atoms with Crippen LogP contribution in [0.2, 0.25) is 5.15 Å². The zero-order valence-corrected chi connectivity index (χ0v) is 12.0. The van der Waals surface area contributed by atoms with E-state index in [2.05, 4.69) is 15.3 Å². The normalized spacial score (nSPS) is 12.8. The highest BCUT2D eigenvalue weighted by molar-refractivity contribution is 6.29. The fourth-order valence-corrected chi connectivity index (χ4v) is 1.73.